The number of methoxy groups -OCH3 is 1. The van der Waals surface area contributed by atoms with Gasteiger partial charge in [0.25, 0.3) is 0 Å². The molecule has 1 amide bonds. The van der Waals surface area contributed by atoms with Crippen LogP contribution in [0.5, 0.6) is 11.5 Å². The van der Waals surface area contributed by atoms with E-state index in [2.05, 4.69) is 5.32 Å². The first-order valence-corrected chi connectivity index (χ1v) is 16.7. The lowest BCUT2D eigenvalue weighted by Crippen LogP contribution is -2.51. The van der Waals surface area contributed by atoms with E-state index in [4.69, 9.17) is 15.2 Å². The van der Waals surface area contributed by atoms with Gasteiger partial charge in [-0.1, -0.05) is 42.5 Å². The molecule has 0 aromatic heterocycles. The smallest absolute Gasteiger partial charge is 0.323 e. The summed E-state index contributed by atoms with van der Waals surface area (Å²) in [4.78, 5) is 50.7. The largest absolute Gasteiger partial charge is 0.507 e. The summed E-state index contributed by atoms with van der Waals surface area (Å²) in [6.45, 7) is 0.892. The molecule has 3 unspecified atom stereocenters. The molecule has 0 spiro atoms. The fourth-order valence-corrected chi connectivity index (χ4v) is 6.82. The van der Waals surface area contributed by atoms with E-state index >= 15 is 0 Å². The van der Waals surface area contributed by atoms with Crippen LogP contribution in [0.25, 0.3) is 11.1 Å². The Hall–Kier alpha value is -4.62. The van der Waals surface area contributed by atoms with Gasteiger partial charge in [-0.15, -0.1) is 0 Å². The number of nitrogens with one attached hydrogen (secondary N) is 1. The van der Waals surface area contributed by atoms with Crippen LogP contribution in [0.1, 0.15) is 62.5 Å². The number of phenolic OH excluding ortho intramolecular Hbond substituents is 1. The number of esters is 1. The second kappa shape index (κ2) is 17.3. The lowest BCUT2D eigenvalue weighted by atomic mass is 9.71. The number of rotatable bonds is 18. The summed E-state index contributed by atoms with van der Waals surface area (Å²) in [7, 11) is 1.52. The predicted molar refractivity (Wildman–Crippen MR) is 189 cm³/mol. The number of aliphatic hydroxyl groups is 3. The lowest BCUT2D eigenvalue weighted by Gasteiger charge is -2.36. The topological polar surface area (TPSA) is 206 Å². The maximum atomic E-state index is 13.6. The van der Waals surface area contributed by atoms with E-state index in [1.54, 1.807) is 19.1 Å². The molecule has 0 fully saturated rings. The highest BCUT2D eigenvalue weighted by atomic mass is 16.5. The number of primary amides is 1. The van der Waals surface area contributed by atoms with Gasteiger partial charge in [0.15, 0.2) is 11.6 Å². The quantitative estimate of drug-likeness (QED) is 0.0843. The van der Waals surface area contributed by atoms with Crippen molar-refractivity contribution in [2.24, 2.45) is 17.6 Å². The summed E-state index contributed by atoms with van der Waals surface area (Å²) in [5, 5.41) is 45.2. The normalized spacial score (nSPS) is 16.5. The lowest BCUT2D eigenvalue weighted by molar-refractivity contribution is -0.153. The molecule has 1 aliphatic carbocycles. The summed E-state index contributed by atoms with van der Waals surface area (Å²) in [5.74, 6) is -3.76. The molecule has 0 bridgehead atoms. The monoisotopic (exact) mass is 694 g/mol. The first-order valence-electron chi connectivity index (χ1n) is 16.7. The highest BCUT2D eigenvalue weighted by Crippen LogP contribution is 2.43. The van der Waals surface area contributed by atoms with Crippen molar-refractivity contribution < 1.29 is 51.9 Å². The third-order valence-electron chi connectivity index (χ3n) is 9.33. The van der Waals surface area contributed by atoms with E-state index in [9.17, 15) is 39.6 Å². The first kappa shape index (κ1) is 38.2. The van der Waals surface area contributed by atoms with Crippen LogP contribution in [0.3, 0.4) is 0 Å². The number of aromatic hydroxyl groups is 1. The molecule has 4 rings (SSSR count). The summed E-state index contributed by atoms with van der Waals surface area (Å²) >= 11 is 0. The van der Waals surface area contributed by atoms with Crippen LogP contribution in [-0.4, -0.2) is 82.4 Å². The molecule has 272 valence electrons. The molecule has 0 heterocycles. The maximum Gasteiger partial charge on any atom is 0.323 e. The molecule has 0 saturated heterocycles. The minimum Gasteiger partial charge on any atom is -0.507 e. The van der Waals surface area contributed by atoms with Gasteiger partial charge in [0.2, 0.25) is 5.91 Å². The number of aliphatic hydroxyl groups excluding tert-OH is 2. The van der Waals surface area contributed by atoms with Gasteiger partial charge in [-0.25, -0.2) is 0 Å². The van der Waals surface area contributed by atoms with Crippen molar-refractivity contribution in [1.29, 1.82) is 0 Å². The SMILES string of the molecule is CCOC(=O)C(Cc1ccccc1)NCc1ccc(OC)c(-c2ccc(O)c3c2CC(CC(CCO)[C@](O)(CO)C(=O)CC(N)=O)CC3=O)c1.[HH].[HH]. The van der Waals surface area contributed by atoms with Crippen molar-refractivity contribution in [2.45, 2.75) is 63.6 Å². The standard InChI is InChI=1S/C38H46N2O10.2H2/c1-3-50-37(47)30(18-23-7-5-4-6-8-23)40-21-24-9-12-33(49-2)28(16-24)27-10-11-31(43)36-29(27)17-25(19-32(36)44)15-26(13-14-41)38(48,22-42)34(45)20-35(39)46;;/h4-12,16,25-26,30,40-43,48H,3,13-15,17-22H2,1-2H3,(H2,39,46);2*1H/t25?,26?,30?,38-;;/m1../s1. The Morgan fingerprint density at radius 1 is 1.04 bits per heavy atom. The Bertz CT molecular complexity index is 1690. The highest BCUT2D eigenvalue weighted by molar-refractivity contribution is 6.03. The number of ether oxygens (including phenoxy) is 2. The molecule has 3 aromatic rings. The van der Waals surface area contributed by atoms with Crippen LogP contribution in [0.2, 0.25) is 0 Å². The summed E-state index contributed by atoms with van der Waals surface area (Å²) < 4.78 is 11.0. The number of phenols is 1. The van der Waals surface area contributed by atoms with Gasteiger partial charge in [0, 0.05) is 28.0 Å². The molecule has 0 saturated carbocycles. The third-order valence-corrected chi connectivity index (χ3v) is 9.33. The zero-order valence-corrected chi connectivity index (χ0v) is 28.4. The van der Waals surface area contributed by atoms with Crippen LogP contribution in [0.4, 0.5) is 0 Å². The fraction of sp³-hybridized carbons (Fsp3) is 0.421. The van der Waals surface area contributed by atoms with Gasteiger partial charge in [-0.2, -0.15) is 0 Å². The van der Waals surface area contributed by atoms with Crippen molar-refractivity contribution in [3.8, 4) is 22.6 Å². The average Bonchev–Trinajstić information content (AvgIpc) is 3.09. The Morgan fingerprint density at radius 3 is 2.42 bits per heavy atom. The van der Waals surface area contributed by atoms with Crippen LogP contribution < -0.4 is 15.8 Å². The first-order chi connectivity index (χ1) is 23.9. The van der Waals surface area contributed by atoms with Gasteiger partial charge in [0.1, 0.15) is 23.1 Å². The molecule has 0 aliphatic heterocycles. The van der Waals surface area contributed by atoms with E-state index in [0.717, 1.165) is 11.1 Å². The van der Waals surface area contributed by atoms with E-state index in [-0.39, 0.29) is 58.2 Å². The number of ketones is 2. The number of hydrogen-bond acceptors (Lipinski definition) is 11. The highest BCUT2D eigenvalue weighted by Gasteiger charge is 2.45. The van der Waals surface area contributed by atoms with E-state index < -0.39 is 54.8 Å². The number of hydrogen-bond donors (Lipinski definition) is 6. The van der Waals surface area contributed by atoms with Gasteiger partial charge in [0.05, 0.1) is 32.3 Å². The summed E-state index contributed by atoms with van der Waals surface area (Å²) in [6, 6.07) is 17.7. The summed E-state index contributed by atoms with van der Waals surface area (Å²) in [5.41, 5.74) is 6.59. The number of carbonyl (C=O) groups excluding carboxylic acids is 4. The van der Waals surface area contributed by atoms with Crippen molar-refractivity contribution in [1.82, 2.24) is 5.32 Å². The van der Waals surface area contributed by atoms with Crippen molar-refractivity contribution in [3.63, 3.8) is 0 Å². The molecular formula is C38H50N2O10. The van der Waals surface area contributed by atoms with Crippen molar-refractivity contribution in [2.75, 3.05) is 26.9 Å². The van der Waals surface area contributed by atoms with Crippen LogP contribution in [0, 0.1) is 11.8 Å². The van der Waals surface area contributed by atoms with Crippen molar-refractivity contribution in [3.05, 3.63) is 82.9 Å². The number of carbonyl (C=O) groups is 4. The molecule has 3 aromatic carbocycles. The Kier molecular flexibility index (Phi) is 13.3. The minimum absolute atomic E-state index is 0. The van der Waals surface area contributed by atoms with Gasteiger partial charge >= 0.3 is 5.97 Å². The molecule has 50 heavy (non-hydrogen) atoms. The molecule has 4 atom stereocenters. The number of fused-ring (bicyclic) bond motifs is 1. The maximum absolute atomic E-state index is 13.6. The van der Waals surface area contributed by atoms with E-state index in [1.165, 1.54) is 13.2 Å². The number of Topliss-reactive ketones (excluding diaryl/α,β-unsaturated/α-hetero) is 2. The van der Waals surface area contributed by atoms with Gasteiger partial charge in [-0.05, 0) is 84.9 Å². The zero-order chi connectivity index (χ0) is 36.4. The van der Waals surface area contributed by atoms with E-state index in [1.807, 2.05) is 42.5 Å². The average molecular weight is 695 g/mol. The molecule has 12 heteroatoms. The third kappa shape index (κ3) is 8.94. The second-order valence-electron chi connectivity index (χ2n) is 12.7. The molecular weight excluding hydrogens is 644 g/mol. The summed E-state index contributed by atoms with van der Waals surface area (Å²) in [6.07, 6.45) is -0.150. The van der Waals surface area contributed by atoms with Crippen LogP contribution >= 0.6 is 0 Å². The Balaban J connectivity index is 0.00000468. The second-order valence-corrected chi connectivity index (χ2v) is 12.7. The predicted octanol–water partition coefficient (Wildman–Crippen LogP) is 3.13. The zero-order valence-electron chi connectivity index (χ0n) is 28.4. The number of nitrogens with two attached hydrogens (primary N) is 1. The molecule has 1 aliphatic rings. The minimum atomic E-state index is -2.35. The molecule has 7 N–H and O–H groups in total. The van der Waals surface area contributed by atoms with Crippen LogP contribution in [-0.2, 0) is 38.5 Å². The van der Waals surface area contributed by atoms with Crippen molar-refractivity contribution >= 4 is 23.4 Å². The Labute approximate surface area is 294 Å². The fourth-order valence-electron chi connectivity index (χ4n) is 6.82. The number of benzene rings is 3. The van der Waals surface area contributed by atoms with Gasteiger partial charge in [-0.3, -0.25) is 19.2 Å². The van der Waals surface area contributed by atoms with Gasteiger partial charge < -0.3 is 41.0 Å². The number of amides is 1. The molecule has 0 radical (unpaired) electrons. The Morgan fingerprint density at radius 2 is 1.78 bits per heavy atom. The van der Waals surface area contributed by atoms with Crippen LogP contribution in [0.15, 0.2) is 60.7 Å². The molecule has 12 nitrogen and oxygen atoms in total. The van der Waals surface area contributed by atoms with E-state index in [0.29, 0.717) is 35.4 Å².